The van der Waals surface area contributed by atoms with Crippen molar-refractivity contribution in [1.82, 2.24) is 0 Å². The molecule has 1 saturated heterocycles. The second-order valence-electron chi connectivity index (χ2n) is 7.69. The van der Waals surface area contributed by atoms with Crippen LogP contribution in [0.1, 0.15) is 50.4 Å². The van der Waals surface area contributed by atoms with Gasteiger partial charge in [0.2, 0.25) is 0 Å². The van der Waals surface area contributed by atoms with Crippen LogP contribution in [-0.2, 0) is 4.74 Å². The SMILES string of the molecule is CC1(C)C[C@@H](C[NH2+]CC[C@@H](c2ccc(F)cc2)c2ccco2)CCO1. The molecule has 0 radical (unpaired) electrons. The quantitative estimate of drug-likeness (QED) is 0.776. The van der Waals surface area contributed by atoms with Crippen LogP contribution >= 0.6 is 0 Å². The maximum atomic E-state index is 13.2. The number of nitrogens with two attached hydrogens (primary N) is 1. The molecule has 25 heavy (non-hydrogen) atoms. The van der Waals surface area contributed by atoms with Crippen molar-refractivity contribution in [2.45, 2.75) is 44.6 Å². The number of quaternary nitrogens is 1. The molecule has 2 atom stereocenters. The smallest absolute Gasteiger partial charge is 0.123 e. The highest BCUT2D eigenvalue weighted by Gasteiger charge is 2.29. The fourth-order valence-corrected chi connectivity index (χ4v) is 3.86. The molecule has 2 heterocycles. The van der Waals surface area contributed by atoms with Crippen LogP contribution in [0.5, 0.6) is 0 Å². The molecule has 0 saturated carbocycles. The highest BCUT2D eigenvalue weighted by molar-refractivity contribution is 5.27. The summed E-state index contributed by atoms with van der Waals surface area (Å²) in [6.07, 6.45) is 4.97. The minimum atomic E-state index is -0.198. The topological polar surface area (TPSA) is 39.0 Å². The Morgan fingerprint density at radius 2 is 2.04 bits per heavy atom. The standard InChI is InChI=1S/C21H28FNO2/c1-21(2)14-16(10-13-25-21)15-23-11-9-19(20-4-3-12-24-20)17-5-7-18(22)8-6-17/h3-8,12,16,19,23H,9-11,13-15H2,1-2H3/p+1/t16-,19-/m0/s1. The summed E-state index contributed by atoms with van der Waals surface area (Å²) in [5, 5.41) is 2.41. The summed E-state index contributed by atoms with van der Waals surface area (Å²) in [6, 6.07) is 10.7. The first-order valence-electron chi connectivity index (χ1n) is 9.28. The first-order valence-corrected chi connectivity index (χ1v) is 9.28. The summed E-state index contributed by atoms with van der Waals surface area (Å²) < 4.78 is 24.7. The largest absolute Gasteiger partial charge is 0.469 e. The summed E-state index contributed by atoms with van der Waals surface area (Å²) in [4.78, 5) is 0. The zero-order chi connectivity index (χ0) is 17.7. The lowest BCUT2D eigenvalue weighted by Crippen LogP contribution is -2.86. The van der Waals surface area contributed by atoms with Crippen LogP contribution in [-0.4, -0.2) is 25.3 Å². The van der Waals surface area contributed by atoms with Crippen molar-refractivity contribution in [1.29, 1.82) is 0 Å². The highest BCUT2D eigenvalue weighted by atomic mass is 19.1. The zero-order valence-corrected chi connectivity index (χ0v) is 15.2. The lowest BCUT2D eigenvalue weighted by molar-refractivity contribution is -0.661. The molecule has 2 aromatic rings. The minimum Gasteiger partial charge on any atom is -0.469 e. The van der Waals surface area contributed by atoms with E-state index in [2.05, 4.69) is 19.2 Å². The van der Waals surface area contributed by atoms with Crippen molar-refractivity contribution >= 4 is 0 Å². The summed E-state index contributed by atoms with van der Waals surface area (Å²) in [5.41, 5.74) is 1.12. The number of halogens is 1. The van der Waals surface area contributed by atoms with Crippen LogP contribution in [0.4, 0.5) is 4.39 Å². The average Bonchev–Trinajstić information content (AvgIpc) is 3.09. The van der Waals surface area contributed by atoms with Crippen molar-refractivity contribution in [2.24, 2.45) is 5.92 Å². The molecular formula is C21H29FNO2+. The van der Waals surface area contributed by atoms with E-state index in [0.29, 0.717) is 0 Å². The second kappa shape index (κ2) is 8.15. The monoisotopic (exact) mass is 346 g/mol. The van der Waals surface area contributed by atoms with E-state index < -0.39 is 0 Å². The zero-order valence-electron chi connectivity index (χ0n) is 15.2. The molecule has 4 heteroatoms. The molecule has 1 aromatic carbocycles. The molecule has 136 valence electrons. The van der Waals surface area contributed by atoms with Crippen molar-refractivity contribution < 1.29 is 18.9 Å². The van der Waals surface area contributed by atoms with Gasteiger partial charge in [-0.25, -0.2) is 4.39 Å². The average molecular weight is 346 g/mol. The van der Waals surface area contributed by atoms with Crippen LogP contribution < -0.4 is 5.32 Å². The van der Waals surface area contributed by atoms with Gasteiger partial charge in [0.25, 0.3) is 0 Å². The summed E-state index contributed by atoms with van der Waals surface area (Å²) in [7, 11) is 0. The van der Waals surface area contributed by atoms with Crippen molar-refractivity contribution in [3.63, 3.8) is 0 Å². The van der Waals surface area contributed by atoms with E-state index in [1.165, 1.54) is 12.1 Å². The number of furan rings is 1. The molecule has 0 unspecified atom stereocenters. The number of ether oxygens (including phenoxy) is 1. The highest BCUT2D eigenvalue weighted by Crippen LogP contribution is 2.29. The number of benzene rings is 1. The number of hydrogen-bond donors (Lipinski definition) is 1. The second-order valence-corrected chi connectivity index (χ2v) is 7.69. The van der Waals surface area contributed by atoms with Crippen LogP contribution in [0.2, 0.25) is 0 Å². The van der Waals surface area contributed by atoms with Gasteiger partial charge >= 0.3 is 0 Å². The Hall–Kier alpha value is -1.65. The van der Waals surface area contributed by atoms with Gasteiger partial charge in [0.05, 0.1) is 25.0 Å². The van der Waals surface area contributed by atoms with E-state index in [9.17, 15) is 4.39 Å². The number of rotatable bonds is 7. The molecule has 1 aliphatic heterocycles. The minimum absolute atomic E-state index is 0.0154. The van der Waals surface area contributed by atoms with Crippen molar-refractivity contribution in [3.8, 4) is 0 Å². The first-order chi connectivity index (χ1) is 12.0. The predicted octanol–water partition coefficient (Wildman–Crippen LogP) is 3.71. The fraction of sp³-hybridized carbons (Fsp3) is 0.524. The molecule has 2 N–H and O–H groups in total. The third-order valence-electron chi connectivity index (χ3n) is 5.12. The number of hydrogen-bond acceptors (Lipinski definition) is 2. The van der Waals surface area contributed by atoms with Crippen LogP contribution in [0.25, 0.3) is 0 Å². The maximum absolute atomic E-state index is 13.2. The lowest BCUT2D eigenvalue weighted by atomic mass is 9.88. The van der Waals surface area contributed by atoms with E-state index in [1.807, 2.05) is 24.3 Å². The van der Waals surface area contributed by atoms with E-state index in [1.54, 1.807) is 6.26 Å². The van der Waals surface area contributed by atoms with E-state index >= 15 is 0 Å². The Morgan fingerprint density at radius 3 is 2.72 bits per heavy atom. The summed E-state index contributed by atoms with van der Waals surface area (Å²) in [5.74, 6) is 1.65. The molecule has 1 aromatic heterocycles. The molecular weight excluding hydrogens is 317 g/mol. The molecule has 1 aliphatic rings. The summed E-state index contributed by atoms with van der Waals surface area (Å²) >= 11 is 0. The van der Waals surface area contributed by atoms with E-state index in [0.717, 1.165) is 56.2 Å². The molecule has 0 amide bonds. The third kappa shape index (κ3) is 5.16. The van der Waals surface area contributed by atoms with Crippen molar-refractivity contribution in [3.05, 3.63) is 59.8 Å². The maximum Gasteiger partial charge on any atom is 0.123 e. The van der Waals surface area contributed by atoms with Gasteiger partial charge in [0.15, 0.2) is 0 Å². The Bertz CT molecular complexity index is 636. The van der Waals surface area contributed by atoms with Gasteiger partial charge in [0, 0.05) is 24.9 Å². The van der Waals surface area contributed by atoms with E-state index in [-0.39, 0.29) is 17.3 Å². The Morgan fingerprint density at radius 1 is 1.24 bits per heavy atom. The lowest BCUT2D eigenvalue weighted by Gasteiger charge is -2.34. The van der Waals surface area contributed by atoms with Gasteiger partial charge < -0.3 is 14.5 Å². The van der Waals surface area contributed by atoms with Gasteiger partial charge in [-0.1, -0.05) is 12.1 Å². The van der Waals surface area contributed by atoms with Gasteiger partial charge in [-0.3, -0.25) is 0 Å². The fourth-order valence-electron chi connectivity index (χ4n) is 3.86. The third-order valence-corrected chi connectivity index (χ3v) is 5.12. The Balaban J connectivity index is 1.54. The van der Waals surface area contributed by atoms with Crippen LogP contribution in [0.3, 0.4) is 0 Å². The van der Waals surface area contributed by atoms with Gasteiger partial charge in [-0.15, -0.1) is 0 Å². The predicted molar refractivity (Wildman–Crippen MR) is 96.0 cm³/mol. The van der Waals surface area contributed by atoms with Gasteiger partial charge in [-0.2, -0.15) is 0 Å². The normalized spacial score (nSPS) is 21.2. The molecule has 3 nitrogen and oxygen atoms in total. The Labute approximate surface area is 149 Å². The molecule has 0 bridgehead atoms. The van der Waals surface area contributed by atoms with Crippen molar-refractivity contribution in [2.75, 3.05) is 19.7 Å². The molecule has 0 aliphatic carbocycles. The van der Waals surface area contributed by atoms with Gasteiger partial charge in [-0.05, 0) is 56.5 Å². The Kier molecular flexibility index (Phi) is 5.92. The molecule has 0 spiro atoms. The van der Waals surface area contributed by atoms with Crippen LogP contribution in [0, 0.1) is 11.7 Å². The summed E-state index contributed by atoms with van der Waals surface area (Å²) in [6.45, 7) is 7.40. The molecule has 1 fully saturated rings. The van der Waals surface area contributed by atoms with Crippen LogP contribution in [0.15, 0.2) is 47.1 Å². The molecule has 3 rings (SSSR count). The van der Waals surface area contributed by atoms with Gasteiger partial charge in [0.1, 0.15) is 11.6 Å². The first kappa shape index (κ1) is 18.2. The van der Waals surface area contributed by atoms with E-state index in [4.69, 9.17) is 9.15 Å².